The Labute approximate surface area is 109 Å². The number of anilines is 1. The number of hydrogen-bond acceptors (Lipinski definition) is 3. The van der Waals surface area contributed by atoms with E-state index in [9.17, 15) is 0 Å². The average Bonchev–Trinajstić information content (AvgIpc) is 2.25. The van der Waals surface area contributed by atoms with Crippen LogP contribution < -0.4 is 5.32 Å². The van der Waals surface area contributed by atoms with E-state index in [1.165, 1.54) is 0 Å². The maximum Gasteiger partial charge on any atom is 0.176 e. The zero-order valence-electron chi connectivity index (χ0n) is 9.46. The molecule has 1 rings (SSSR count). The Bertz CT molecular complexity index is 345. The second-order valence-corrected chi connectivity index (χ2v) is 4.69. The zero-order valence-corrected chi connectivity index (χ0v) is 11.8. The zero-order chi connectivity index (χ0) is 12.1. The van der Waals surface area contributed by atoms with Gasteiger partial charge in [-0.1, -0.05) is 11.6 Å². The average molecular weight is 309 g/mol. The van der Waals surface area contributed by atoms with E-state index < -0.39 is 0 Å². The molecule has 0 amide bonds. The standard InChI is InChI=1S/C11H15BrClNO2/c1-7(11(15-2)16-3)14-10-6-8(13)4-5-9(10)12/h4-7,11,14H,1-3H3. The number of halogens is 2. The van der Waals surface area contributed by atoms with Gasteiger partial charge in [0.05, 0.1) is 11.7 Å². The van der Waals surface area contributed by atoms with E-state index in [1.54, 1.807) is 14.2 Å². The third-order valence-electron chi connectivity index (χ3n) is 2.18. The summed E-state index contributed by atoms with van der Waals surface area (Å²) in [5.41, 5.74) is 0.916. The summed E-state index contributed by atoms with van der Waals surface area (Å²) in [5.74, 6) is 0. The van der Waals surface area contributed by atoms with Crippen LogP contribution in [0.5, 0.6) is 0 Å². The Morgan fingerprint density at radius 2 is 1.94 bits per heavy atom. The molecule has 0 aliphatic carbocycles. The molecule has 16 heavy (non-hydrogen) atoms. The van der Waals surface area contributed by atoms with Crippen LogP contribution in [0.3, 0.4) is 0 Å². The molecule has 1 N–H and O–H groups in total. The number of methoxy groups -OCH3 is 2. The molecule has 0 aliphatic heterocycles. The summed E-state index contributed by atoms with van der Waals surface area (Å²) >= 11 is 9.37. The van der Waals surface area contributed by atoms with Crippen LogP contribution in [0.1, 0.15) is 6.92 Å². The fourth-order valence-electron chi connectivity index (χ4n) is 1.43. The van der Waals surface area contributed by atoms with E-state index in [0.717, 1.165) is 10.2 Å². The molecule has 0 fully saturated rings. The summed E-state index contributed by atoms with van der Waals surface area (Å²) in [6.45, 7) is 1.98. The molecule has 5 heteroatoms. The lowest BCUT2D eigenvalue weighted by Crippen LogP contribution is -2.33. The van der Waals surface area contributed by atoms with Crippen molar-refractivity contribution in [3.8, 4) is 0 Å². The minimum absolute atomic E-state index is 0.0183. The summed E-state index contributed by atoms with van der Waals surface area (Å²) in [4.78, 5) is 0. The van der Waals surface area contributed by atoms with Crippen LogP contribution in [-0.4, -0.2) is 26.6 Å². The van der Waals surface area contributed by atoms with E-state index in [2.05, 4.69) is 21.2 Å². The molecule has 1 aromatic carbocycles. The largest absolute Gasteiger partial charge is 0.377 e. The molecule has 0 radical (unpaired) electrons. The molecule has 0 aliphatic rings. The molecular formula is C11H15BrClNO2. The van der Waals surface area contributed by atoms with Gasteiger partial charge in [0.2, 0.25) is 0 Å². The Hall–Kier alpha value is -0.290. The number of benzene rings is 1. The first-order valence-corrected chi connectivity index (χ1v) is 6.02. The lowest BCUT2D eigenvalue weighted by molar-refractivity contribution is -0.109. The van der Waals surface area contributed by atoms with Crippen LogP contribution in [0.15, 0.2) is 22.7 Å². The predicted octanol–water partition coefficient (Wildman–Crippen LogP) is 3.52. The topological polar surface area (TPSA) is 30.5 Å². The maximum absolute atomic E-state index is 5.92. The van der Waals surface area contributed by atoms with Crippen LogP contribution >= 0.6 is 27.5 Å². The highest BCUT2D eigenvalue weighted by molar-refractivity contribution is 9.10. The molecule has 0 spiro atoms. The van der Waals surface area contributed by atoms with Crippen molar-refractivity contribution in [2.75, 3.05) is 19.5 Å². The maximum atomic E-state index is 5.92. The second-order valence-electron chi connectivity index (χ2n) is 3.40. The summed E-state index contributed by atoms with van der Waals surface area (Å²) in [6, 6.07) is 5.59. The van der Waals surface area contributed by atoms with Crippen molar-refractivity contribution in [1.82, 2.24) is 0 Å². The van der Waals surface area contributed by atoms with Gasteiger partial charge in [0.25, 0.3) is 0 Å². The van der Waals surface area contributed by atoms with Gasteiger partial charge in [0.1, 0.15) is 0 Å². The van der Waals surface area contributed by atoms with E-state index in [4.69, 9.17) is 21.1 Å². The summed E-state index contributed by atoms with van der Waals surface area (Å²) < 4.78 is 11.3. The molecule has 0 bridgehead atoms. The van der Waals surface area contributed by atoms with E-state index >= 15 is 0 Å². The number of nitrogens with one attached hydrogen (secondary N) is 1. The highest BCUT2D eigenvalue weighted by Gasteiger charge is 2.16. The molecule has 90 valence electrons. The van der Waals surface area contributed by atoms with Gasteiger partial charge in [-0.15, -0.1) is 0 Å². The van der Waals surface area contributed by atoms with Crippen molar-refractivity contribution in [1.29, 1.82) is 0 Å². The van der Waals surface area contributed by atoms with Crippen molar-refractivity contribution in [2.24, 2.45) is 0 Å². The number of rotatable bonds is 5. The molecule has 0 saturated heterocycles. The second kappa shape index (κ2) is 6.45. The first-order chi connectivity index (χ1) is 7.58. The fourth-order valence-corrected chi connectivity index (χ4v) is 1.96. The number of hydrogen-bond donors (Lipinski definition) is 1. The first-order valence-electron chi connectivity index (χ1n) is 4.85. The van der Waals surface area contributed by atoms with E-state index in [0.29, 0.717) is 5.02 Å². The van der Waals surface area contributed by atoms with Gasteiger partial charge in [0, 0.05) is 23.7 Å². The molecule has 0 saturated carbocycles. The lowest BCUT2D eigenvalue weighted by Gasteiger charge is -2.23. The molecule has 3 nitrogen and oxygen atoms in total. The Morgan fingerprint density at radius 3 is 2.50 bits per heavy atom. The predicted molar refractivity (Wildman–Crippen MR) is 70.0 cm³/mol. The highest BCUT2D eigenvalue weighted by Crippen LogP contribution is 2.26. The quantitative estimate of drug-likeness (QED) is 0.844. The minimum Gasteiger partial charge on any atom is -0.377 e. The third kappa shape index (κ3) is 3.63. The van der Waals surface area contributed by atoms with Crippen LogP contribution in [0.2, 0.25) is 5.02 Å². The van der Waals surface area contributed by atoms with Crippen LogP contribution in [0, 0.1) is 0 Å². The van der Waals surface area contributed by atoms with Gasteiger partial charge in [-0.3, -0.25) is 0 Å². The fraction of sp³-hybridized carbons (Fsp3) is 0.455. The monoisotopic (exact) mass is 307 g/mol. The molecule has 0 aromatic heterocycles. The van der Waals surface area contributed by atoms with Crippen LogP contribution in [0.25, 0.3) is 0 Å². The molecule has 1 unspecified atom stereocenters. The van der Waals surface area contributed by atoms with Crippen molar-refractivity contribution in [3.05, 3.63) is 27.7 Å². The minimum atomic E-state index is -0.300. The van der Waals surface area contributed by atoms with E-state index in [1.807, 2.05) is 25.1 Å². The summed E-state index contributed by atoms with van der Waals surface area (Å²) in [7, 11) is 3.22. The summed E-state index contributed by atoms with van der Waals surface area (Å²) in [6.07, 6.45) is -0.300. The molecule has 0 heterocycles. The number of ether oxygens (including phenoxy) is 2. The van der Waals surface area contributed by atoms with Crippen LogP contribution in [-0.2, 0) is 9.47 Å². The van der Waals surface area contributed by atoms with Gasteiger partial charge in [-0.25, -0.2) is 0 Å². The van der Waals surface area contributed by atoms with E-state index in [-0.39, 0.29) is 12.3 Å². The Balaban J connectivity index is 2.75. The third-order valence-corrected chi connectivity index (χ3v) is 3.11. The van der Waals surface area contributed by atoms with Crippen molar-refractivity contribution in [3.63, 3.8) is 0 Å². The molecule has 1 aromatic rings. The highest BCUT2D eigenvalue weighted by atomic mass is 79.9. The molecule has 1 atom stereocenters. The molecular weight excluding hydrogens is 293 g/mol. The SMILES string of the molecule is COC(OC)C(C)Nc1cc(Cl)ccc1Br. The van der Waals surface area contributed by atoms with Gasteiger partial charge >= 0.3 is 0 Å². The first kappa shape index (κ1) is 13.8. The normalized spacial score (nSPS) is 12.9. The van der Waals surface area contributed by atoms with Gasteiger partial charge in [-0.05, 0) is 41.1 Å². The Morgan fingerprint density at radius 1 is 1.31 bits per heavy atom. The van der Waals surface area contributed by atoms with Crippen molar-refractivity contribution >= 4 is 33.2 Å². The van der Waals surface area contributed by atoms with Crippen molar-refractivity contribution < 1.29 is 9.47 Å². The lowest BCUT2D eigenvalue weighted by atomic mass is 10.2. The smallest absolute Gasteiger partial charge is 0.176 e. The Kier molecular flexibility index (Phi) is 5.55. The summed E-state index contributed by atoms with van der Waals surface area (Å²) in [5, 5.41) is 3.96. The van der Waals surface area contributed by atoms with Gasteiger partial charge in [-0.2, -0.15) is 0 Å². The van der Waals surface area contributed by atoms with Gasteiger partial charge in [0.15, 0.2) is 6.29 Å². The van der Waals surface area contributed by atoms with Gasteiger partial charge < -0.3 is 14.8 Å². The van der Waals surface area contributed by atoms with Crippen LogP contribution in [0.4, 0.5) is 5.69 Å². The van der Waals surface area contributed by atoms with Crippen molar-refractivity contribution in [2.45, 2.75) is 19.3 Å².